The normalized spacial score (nSPS) is 10.1. The number of aromatic amines is 1. The van der Waals surface area contributed by atoms with E-state index in [2.05, 4.69) is 20.5 Å². The van der Waals surface area contributed by atoms with E-state index in [9.17, 15) is 4.79 Å². The first-order chi connectivity index (χ1) is 6.74. The molecule has 7 nitrogen and oxygen atoms in total. The van der Waals surface area contributed by atoms with Crippen LogP contribution in [0.3, 0.4) is 0 Å². The summed E-state index contributed by atoms with van der Waals surface area (Å²) in [5.41, 5.74) is 5.24. The number of hydrogen-bond donors (Lipinski definition) is 3. The Morgan fingerprint density at radius 1 is 1.71 bits per heavy atom. The average Bonchev–Trinajstić information content (AvgIpc) is 2.59. The van der Waals surface area contributed by atoms with Gasteiger partial charge in [0.15, 0.2) is 0 Å². The van der Waals surface area contributed by atoms with Gasteiger partial charge in [-0.1, -0.05) is 0 Å². The summed E-state index contributed by atoms with van der Waals surface area (Å²) in [6.07, 6.45) is 0.756. The molecule has 1 heterocycles. The van der Waals surface area contributed by atoms with E-state index < -0.39 is 0 Å². The molecule has 1 aromatic heterocycles. The minimum atomic E-state index is -0.315. The number of anilines is 1. The Morgan fingerprint density at radius 2 is 2.50 bits per heavy atom. The van der Waals surface area contributed by atoms with Crippen LogP contribution in [0.4, 0.5) is 5.95 Å². The van der Waals surface area contributed by atoms with Gasteiger partial charge in [-0.3, -0.25) is 9.89 Å². The topological polar surface area (TPSA) is 106 Å². The molecule has 0 atom stereocenters. The van der Waals surface area contributed by atoms with Crippen molar-refractivity contribution in [2.75, 3.05) is 26.0 Å². The highest BCUT2D eigenvalue weighted by Crippen LogP contribution is 1.92. The van der Waals surface area contributed by atoms with Gasteiger partial charge < -0.3 is 15.8 Å². The summed E-state index contributed by atoms with van der Waals surface area (Å²) in [6, 6.07) is 0. The molecule has 0 bridgehead atoms. The van der Waals surface area contributed by atoms with Crippen LogP contribution in [0, 0.1) is 0 Å². The van der Waals surface area contributed by atoms with Crippen molar-refractivity contribution in [3.8, 4) is 0 Å². The molecule has 1 rings (SSSR count). The zero-order valence-electron chi connectivity index (χ0n) is 7.91. The van der Waals surface area contributed by atoms with Gasteiger partial charge in [0.05, 0.1) is 0 Å². The van der Waals surface area contributed by atoms with E-state index in [1.54, 1.807) is 7.11 Å². The Kier molecular flexibility index (Phi) is 3.86. The lowest BCUT2D eigenvalue weighted by atomic mass is 10.4. The zero-order valence-corrected chi connectivity index (χ0v) is 7.91. The van der Waals surface area contributed by atoms with Crippen molar-refractivity contribution in [1.29, 1.82) is 0 Å². The van der Waals surface area contributed by atoms with Crippen molar-refractivity contribution in [3.05, 3.63) is 5.82 Å². The smallest absolute Gasteiger partial charge is 0.288 e. The summed E-state index contributed by atoms with van der Waals surface area (Å²) < 4.78 is 4.83. The van der Waals surface area contributed by atoms with Crippen molar-refractivity contribution < 1.29 is 9.53 Å². The summed E-state index contributed by atoms with van der Waals surface area (Å²) in [5, 5.41) is 8.59. The van der Waals surface area contributed by atoms with Gasteiger partial charge in [0.1, 0.15) is 0 Å². The number of nitrogens with one attached hydrogen (secondary N) is 2. The summed E-state index contributed by atoms with van der Waals surface area (Å²) in [5.74, 6) is -0.128. The van der Waals surface area contributed by atoms with Crippen molar-refractivity contribution in [3.63, 3.8) is 0 Å². The highest BCUT2D eigenvalue weighted by molar-refractivity contribution is 5.90. The van der Waals surface area contributed by atoms with Gasteiger partial charge in [0.2, 0.25) is 11.8 Å². The molecule has 0 aliphatic carbocycles. The second kappa shape index (κ2) is 5.18. The van der Waals surface area contributed by atoms with Gasteiger partial charge >= 0.3 is 0 Å². The standard InChI is InChI=1S/C7H13N5O2/c1-14-4-2-3-9-6(13)5-10-7(8)12-11-5/h2-4H2,1H3,(H,9,13)(H3,8,10,11,12). The number of nitrogen functional groups attached to an aromatic ring is 1. The highest BCUT2D eigenvalue weighted by atomic mass is 16.5. The lowest BCUT2D eigenvalue weighted by Crippen LogP contribution is -2.26. The highest BCUT2D eigenvalue weighted by Gasteiger charge is 2.08. The van der Waals surface area contributed by atoms with Gasteiger partial charge in [-0.05, 0) is 6.42 Å². The number of ether oxygens (including phenoxy) is 1. The number of hydrogen-bond acceptors (Lipinski definition) is 5. The molecule has 0 fully saturated rings. The molecular formula is C7H13N5O2. The number of nitrogens with zero attached hydrogens (tertiary/aromatic N) is 2. The number of rotatable bonds is 5. The van der Waals surface area contributed by atoms with E-state index in [0.717, 1.165) is 6.42 Å². The minimum Gasteiger partial charge on any atom is -0.385 e. The summed E-state index contributed by atoms with van der Waals surface area (Å²) in [7, 11) is 1.61. The molecule has 1 aromatic rings. The molecule has 1 amide bonds. The van der Waals surface area contributed by atoms with Crippen LogP contribution >= 0.6 is 0 Å². The summed E-state index contributed by atoms with van der Waals surface area (Å²) in [6.45, 7) is 1.14. The van der Waals surface area contributed by atoms with Crippen molar-refractivity contribution in [2.24, 2.45) is 0 Å². The maximum atomic E-state index is 11.3. The third-order valence-corrected chi connectivity index (χ3v) is 1.53. The summed E-state index contributed by atoms with van der Waals surface area (Å²) in [4.78, 5) is 15.0. The van der Waals surface area contributed by atoms with E-state index in [-0.39, 0.29) is 17.7 Å². The number of nitrogens with two attached hydrogens (primary N) is 1. The van der Waals surface area contributed by atoms with Gasteiger partial charge in [0, 0.05) is 20.3 Å². The van der Waals surface area contributed by atoms with Gasteiger partial charge in [0.25, 0.3) is 5.91 Å². The molecule has 78 valence electrons. The van der Waals surface area contributed by atoms with Crippen molar-refractivity contribution in [2.45, 2.75) is 6.42 Å². The van der Waals surface area contributed by atoms with Gasteiger partial charge in [-0.2, -0.15) is 4.98 Å². The second-order valence-electron chi connectivity index (χ2n) is 2.64. The Bertz CT molecular complexity index is 298. The minimum absolute atomic E-state index is 0.0621. The molecule has 0 radical (unpaired) electrons. The molecule has 0 spiro atoms. The number of methoxy groups -OCH3 is 1. The number of carbonyl (C=O) groups excluding carboxylic acids is 1. The average molecular weight is 199 g/mol. The quantitative estimate of drug-likeness (QED) is 0.536. The Labute approximate surface area is 81.0 Å². The molecule has 0 unspecified atom stereocenters. The van der Waals surface area contributed by atoms with E-state index in [4.69, 9.17) is 10.5 Å². The number of H-pyrrole nitrogens is 1. The zero-order chi connectivity index (χ0) is 10.4. The number of aromatic nitrogens is 3. The van der Waals surface area contributed by atoms with Crippen LogP contribution in [0.5, 0.6) is 0 Å². The molecule has 0 aromatic carbocycles. The van der Waals surface area contributed by atoms with Crippen LogP contribution in [0.25, 0.3) is 0 Å². The van der Waals surface area contributed by atoms with Crippen LogP contribution in [-0.4, -0.2) is 41.3 Å². The summed E-state index contributed by atoms with van der Waals surface area (Å²) >= 11 is 0. The molecule has 0 saturated carbocycles. The molecule has 7 heteroatoms. The first kappa shape index (κ1) is 10.5. The number of amides is 1. The largest absolute Gasteiger partial charge is 0.385 e. The Balaban J connectivity index is 2.29. The molecular weight excluding hydrogens is 186 g/mol. The fourth-order valence-corrected chi connectivity index (χ4v) is 0.878. The predicted octanol–water partition coefficient (Wildman–Crippen LogP) is -0.847. The lowest BCUT2D eigenvalue weighted by molar-refractivity contribution is 0.0938. The monoisotopic (exact) mass is 199 g/mol. The SMILES string of the molecule is COCCCNC(=O)c1nc(N)n[nH]1. The predicted molar refractivity (Wildman–Crippen MR) is 49.6 cm³/mol. The van der Waals surface area contributed by atoms with Crippen LogP contribution in [0.1, 0.15) is 17.0 Å². The maximum absolute atomic E-state index is 11.3. The first-order valence-corrected chi connectivity index (χ1v) is 4.19. The van der Waals surface area contributed by atoms with Crippen LogP contribution in [0.2, 0.25) is 0 Å². The Morgan fingerprint density at radius 3 is 3.07 bits per heavy atom. The fourth-order valence-electron chi connectivity index (χ4n) is 0.878. The molecule has 0 saturated heterocycles. The van der Waals surface area contributed by atoms with E-state index in [1.165, 1.54) is 0 Å². The van der Waals surface area contributed by atoms with Crippen LogP contribution in [-0.2, 0) is 4.74 Å². The molecule has 4 N–H and O–H groups in total. The van der Waals surface area contributed by atoms with Crippen LogP contribution < -0.4 is 11.1 Å². The third-order valence-electron chi connectivity index (χ3n) is 1.53. The van der Waals surface area contributed by atoms with E-state index in [1.807, 2.05) is 0 Å². The van der Waals surface area contributed by atoms with Crippen molar-refractivity contribution >= 4 is 11.9 Å². The van der Waals surface area contributed by atoms with Crippen LogP contribution in [0.15, 0.2) is 0 Å². The number of carbonyl (C=O) groups is 1. The Hall–Kier alpha value is -1.63. The van der Waals surface area contributed by atoms with Crippen molar-refractivity contribution in [1.82, 2.24) is 20.5 Å². The van der Waals surface area contributed by atoms with E-state index in [0.29, 0.717) is 13.2 Å². The maximum Gasteiger partial charge on any atom is 0.288 e. The fraction of sp³-hybridized carbons (Fsp3) is 0.571. The molecule has 0 aliphatic heterocycles. The third kappa shape index (κ3) is 3.02. The first-order valence-electron chi connectivity index (χ1n) is 4.19. The molecule has 14 heavy (non-hydrogen) atoms. The van der Waals surface area contributed by atoms with Gasteiger partial charge in [-0.15, -0.1) is 5.10 Å². The second-order valence-corrected chi connectivity index (χ2v) is 2.64. The molecule has 0 aliphatic rings. The van der Waals surface area contributed by atoms with E-state index >= 15 is 0 Å². The lowest BCUT2D eigenvalue weighted by Gasteiger charge is -2.01. The van der Waals surface area contributed by atoms with Gasteiger partial charge in [-0.25, -0.2) is 0 Å².